The molecule has 0 bridgehead atoms. The zero-order chi connectivity index (χ0) is 18.9. The molecule has 0 aliphatic rings. The molecule has 0 spiro atoms. The summed E-state index contributed by atoms with van der Waals surface area (Å²) in [6, 6.07) is 6.63. The predicted molar refractivity (Wildman–Crippen MR) is 102 cm³/mol. The number of sulfonamides is 1. The molecule has 7 heteroatoms. The maximum atomic E-state index is 12.7. The van der Waals surface area contributed by atoms with Crippen molar-refractivity contribution in [2.75, 3.05) is 0 Å². The van der Waals surface area contributed by atoms with Crippen molar-refractivity contribution in [2.45, 2.75) is 39.5 Å². The monoisotopic (exact) mass is 424 g/mol. The van der Waals surface area contributed by atoms with Crippen LogP contribution in [0.1, 0.15) is 38.2 Å². The third-order valence-electron chi connectivity index (χ3n) is 4.61. The van der Waals surface area contributed by atoms with Gasteiger partial charge in [-0.2, -0.15) is 0 Å². The molecule has 0 saturated heterocycles. The van der Waals surface area contributed by atoms with E-state index in [2.05, 4.69) is 26.2 Å². The van der Waals surface area contributed by atoms with E-state index >= 15 is 0 Å². The van der Waals surface area contributed by atoms with Crippen molar-refractivity contribution >= 4 is 31.9 Å². The van der Waals surface area contributed by atoms with Gasteiger partial charge in [-0.15, -0.1) is 4.83 Å². The Bertz CT molecular complexity index is 907. The van der Waals surface area contributed by atoms with Gasteiger partial charge in [0.2, 0.25) is 0 Å². The molecule has 0 heterocycles. The SMILES string of the molecule is Cc1c(C)c(C)c(S(=O)(=O)NNC(=O)c2ccc(Br)cc2)c(C)c1C. The normalized spacial score (nSPS) is 11.4. The number of carbonyl (C=O) groups excluding carboxylic acids is 1. The van der Waals surface area contributed by atoms with Crippen molar-refractivity contribution < 1.29 is 13.2 Å². The van der Waals surface area contributed by atoms with Crippen LogP contribution in [0.5, 0.6) is 0 Å². The third-order valence-corrected chi connectivity index (χ3v) is 6.65. The highest BCUT2D eigenvalue weighted by Crippen LogP contribution is 2.29. The van der Waals surface area contributed by atoms with E-state index in [4.69, 9.17) is 0 Å². The van der Waals surface area contributed by atoms with Crippen molar-refractivity contribution in [1.82, 2.24) is 10.3 Å². The first-order valence-corrected chi connectivity index (χ1v) is 9.98. The Morgan fingerprint density at radius 1 is 0.840 bits per heavy atom. The summed E-state index contributed by atoms with van der Waals surface area (Å²) >= 11 is 3.29. The molecule has 134 valence electrons. The standard InChI is InChI=1S/C18H21BrN2O3S/c1-10-11(2)13(4)17(14(5)12(10)3)25(23,24)21-20-18(22)15-6-8-16(19)9-7-15/h6-9,21H,1-5H3,(H,20,22). The number of hydrazine groups is 1. The van der Waals surface area contributed by atoms with Crippen LogP contribution < -0.4 is 10.3 Å². The van der Waals surface area contributed by atoms with Crippen molar-refractivity contribution in [3.05, 3.63) is 62.1 Å². The van der Waals surface area contributed by atoms with E-state index in [1.807, 2.05) is 20.8 Å². The van der Waals surface area contributed by atoms with Gasteiger partial charge in [-0.3, -0.25) is 10.2 Å². The minimum atomic E-state index is -3.89. The summed E-state index contributed by atoms with van der Waals surface area (Å²) in [5.74, 6) is -0.521. The highest BCUT2D eigenvalue weighted by molar-refractivity contribution is 9.10. The van der Waals surface area contributed by atoms with Crippen LogP contribution in [-0.2, 0) is 10.0 Å². The molecule has 0 unspecified atom stereocenters. The summed E-state index contributed by atoms with van der Waals surface area (Å²) in [4.78, 5) is 14.6. The van der Waals surface area contributed by atoms with Gasteiger partial charge in [-0.1, -0.05) is 15.9 Å². The average Bonchev–Trinajstić information content (AvgIpc) is 2.57. The Morgan fingerprint density at radius 2 is 1.28 bits per heavy atom. The molecule has 5 nitrogen and oxygen atoms in total. The van der Waals surface area contributed by atoms with Gasteiger partial charge < -0.3 is 0 Å². The Hall–Kier alpha value is -1.70. The molecule has 0 aliphatic heterocycles. The number of benzene rings is 2. The minimum Gasteiger partial charge on any atom is -0.273 e. The summed E-state index contributed by atoms with van der Waals surface area (Å²) in [6.07, 6.45) is 0. The van der Waals surface area contributed by atoms with Crippen LogP contribution >= 0.6 is 15.9 Å². The Labute approximate surface area is 157 Å². The van der Waals surface area contributed by atoms with Crippen molar-refractivity contribution in [1.29, 1.82) is 0 Å². The Balaban J connectivity index is 2.31. The molecular formula is C18H21BrN2O3S. The van der Waals surface area contributed by atoms with Gasteiger partial charge in [0.15, 0.2) is 0 Å². The second-order valence-corrected chi connectivity index (χ2v) is 8.56. The van der Waals surface area contributed by atoms with Crippen LogP contribution in [0.4, 0.5) is 0 Å². The number of halogens is 1. The fourth-order valence-corrected chi connectivity index (χ4v) is 4.41. The topological polar surface area (TPSA) is 75.3 Å². The van der Waals surface area contributed by atoms with E-state index in [0.717, 1.165) is 21.2 Å². The molecule has 1 amide bonds. The molecule has 2 rings (SSSR count). The summed E-state index contributed by atoms with van der Waals surface area (Å²) in [7, 11) is -3.89. The van der Waals surface area contributed by atoms with E-state index in [1.54, 1.807) is 38.1 Å². The lowest BCUT2D eigenvalue weighted by Crippen LogP contribution is -2.42. The van der Waals surface area contributed by atoms with Crippen LogP contribution in [-0.4, -0.2) is 14.3 Å². The first kappa shape index (κ1) is 19.6. The Morgan fingerprint density at radius 3 is 1.76 bits per heavy atom. The molecule has 0 atom stereocenters. The lowest BCUT2D eigenvalue weighted by Gasteiger charge is -2.19. The fraction of sp³-hybridized carbons (Fsp3) is 0.278. The first-order chi connectivity index (χ1) is 11.6. The fourth-order valence-electron chi connectivity index (χ4n) is 2.71. The van der Waals surface area contributed by atoms with Gasteiger partial charge >= 0.3 is 0 Å². The third kappa shape index (κ3) is 3.94. The maximum absolute atomic E-state index is 12.7. The molecule has 2 aromatic carbocycles. The molecule has 2 N–H and O–H groups in total. The van der Waals surface area contributed by atoms with Gasteiger partial charge in [0.25, 0.3) is 15.9 Å². The van der Waals surface area contributed by atoms with E-state index in [0.29, 0.717) is 16.7 Å². The zero-order valence-electron chi connectivity index (χ0n) is 14.8. The van der Waals surface area contributed by atoms with Crippen LogP contribution in [0.3, 0.4) is 0 Å². The Kier molecular flexibility index (Phi) is 5.71. The minimum absolute atomic E-state index is 0.212. The van der Waals surface area contributed by atoms with Crippen LogP contribution in [0.25, 0.3) is 0 Å². The lowest BCUT2D eigenvalue weighted by molar-refractivity contribution is 0.0945. The van der Waals surface area contributed by atoms with E-state index in [9.17, 15) is 13.2 Å². The van der Waals surface area contributed by atoms with Crippen LogP contribution in [0.2, 0.25) is 0 Å². The summed E-state index contributed by atoms with van der Waals surface area (Å²) in [5, 5.41) is 0. The number of hydrogen-bond donors (Lipinski definition) is 2. The molecule has 2 aromatic rings. The number of rotatable bonds is 4. The zero-order valence-corrected chi connectivity index (χ0v) is 17.2. The largest absolute Gasteiger partial charge is 0.273 e. The van der Waals surface area contributed by atoms with E-state index < -0.39 is 15.9 Å². The van der Waals surface area contributed by atoms with Crippen LogP contribution in [0, 0.1) is 34.6 Å². The number of hydrogen-bond acceptors (Lipinski definition) is 3. The molecule has 0 fully saturated rings. The smallest absolute Gasteiger partial charge is 0.266 e. The molecule has 0 radical (unpaired) electrons. The second-order valence-electron chi connectivity index (χ2n) is 6.02. The summed E-state index contributed by atoms with van der Waals surface area (Å²) in [6.45, 7) is 9.33. The predicted octanol–water partition coefficient (Wildman–Crippen LogP) is 3.61. The van der Waals surface area contributed by atoms with E-state index in [1.165, 1.54) is 0 Å². The molecule has 25 heavy (non-hydrogen) atoms. The first-order valence-electron chi connectivity index (χ1n) is 7.71. The van der Waals surface area contributed by atoms with Crippen LogP contribution in [0.15, 0.2) is 33.6 Å². The lowest BCUT2D eigenvalue weighted by atomic mass is 9.95. The number of carbonyl (C=O) groups is 1. The van der Waals surface area contributed by atoms with Gasteiger partial charge in [0.1, 0.15) is 0 Å². The second kappa shape index (κ2) is 7.27. The van der Waals surface area contributed by atoms with Gasteiger partial charge in [0.05, 0.1) is 4.90 Å². The summed E-state index contributed by atoms with van der Waals surface area (Å²) in [5.41, 5.74) is 6.95. The van der Waals surface area contributed by atoms with Crippen molar-refractivity contribution in [3.63, 3.8) is 0 Å². The van der Waals surface area contributed by atoms with E-state index in [-0.39, 0.29) is 4.90 Å². The molecule has 0 aromatic heterocycles. The molecular weight excluding hydrogens is 404 g/mol. The average molecular weight is 425 g/mol. The van der Waals surface area contributed by atoms with Gasteiger partial charge in [0, 0.05) is 10.0 Å². The quantitative estimate of drug-likeness (QED) is 0.735. The molecule has 0 saturated carbocycles. The van der Waals surface area contributed by atoms with Gasteiger partial charge in [-0.25, -0.2) is 8.42 Å². The number of amides is 1. The van der Waals surface area contributed by atoms with Crippen molar-refractivity contribution in [3.8, 4) is 0 Å². The highest BCUT2D eigenvalue weighted by atomic mass is 79.9. The highest BCUT2D eigenvalue weighted by Gasteiger charge is 2.24. The molecule has 0 aliphatic carbocycles. The number of nitrogens with one attached hydrogen (secondary N) is 2. The van der Waals surface area contributed by atoms with Crippen molar-refractivity contribution in [2.24, 2.45) is 0 Å². The summed E-state index contributed by atoms with van der Waals surface area (Å²) < 4.78 is 26.3. The van der Waals surface area contributed by atoms with Gasteiger partial charge in [-0.05, 0) is 86.7 Å². The maximum Gasteiger partial charge on any atom is 0.266 e.